The SMILES string of the molecule is [2H]C([2H])([2H])N1CCC(=O)CC1. The lowest BCUT2D eigenvalue weighted by atomic mass is 10.1. The van der Waals surface area contributed by atoms with Gasteiger partial charge in [-0.1, -0.05) is 0 Å². The molecular formula is C6H11NO. The molecule has 46 valence electrons. The second-order valence-corrected chi connectivity index (χ2v) is 2.03. The maximum absolute atomic E-state index is 10.7. The highest BCUT2D eigenvalue weighted by atomic mass is 16.1. The summed E-state index contributed by atoms with van der Waals surface area (Å²) in [5, 5.41) is 0. The van der Waals surface area contributed by atoms with Crippen LogP contribution in [0.4, 0.5) is 0 Å². The lowest BCUT2D eigenvalue weighted by Crippen LogP contribution is -2.29. The van der Waals surface area contributed by atoms with Crippen molar-refractivity contribution in [2.75, 3.05) is 20.1 Å². The molecule has 2 nitrogen and oxygen atoms in total. The van der Waals surface area contributed by atoms with Crippen LogP contribution in [-0.4, -0.2) is 30.7 Å². The highest BCUT2D eigenvalue weighted by Crippen LogP contribution is 2.01. The average Bonchev–Trinajstić information content (AvgIpc) is 1.86. The second-order valence-electron chi connectivity index (χ2n) is 2.03. The molecule has 0 aromatic heterocycles. The Morgan fingerprint density at radius 2 is 2.25 bits per heavy atom. The van der Waals surface area contributed by atoms with Crippen LogP contribution >= 0.6 is 0 Å². The van der Waals surface area contributed by atoms with E-state index in [1.165, 1.54) is 4.90 Å². The van der Waals surface area contributed by atoms with Crippen molar-refractivity contribution in [1.29, 1.82) is 0 Å². The van der Waals surface area contributed by atoms with Crippen LogP contribution in [0.25, 0.3) is 0 Å². The summed E-state index contributed by atoms with van der Waals surface area (Å²) in [5.41, 5.74) is 0. The van der Waals surface area contributed by atoms with Gasteiger partial charge < -0.3 is 4.90 Å². The number of ketones is 1. The molecule has 8 heavy (non-hydrogen) atoms. The molecule has 0 unspecified atom stereocenters. The van der Waals surface area contributed by atoms with Gasteiger partial charge in [-0.3, -0.25) is 4.79 Å². The Kier molecular flexibility index (Phi) is 0.841. The highest BCUT2D eigenvalue weighted by Gasteiger charge is 2.10. The molecule has 0 aliphatic carbocycles. The first-order chi connectivity index (χ1) is 5.00. The zero-order chi connectivity index (χ0) is 8.48. The molecule has 0 spiro atoms. The molecule has 1 heterocycles. The van der Waals surface area contributed by atoms with Gasteiger partial charge in [-0.2, -0.15) is 0 Å². The molecule has 0 N–H and O–H groups in total. The van der Waals surface area contributed by atoms with E-state index in [0.717, 1.165) is 0 Å². The molecule has 1 saturated heterocycles. The van der Waals surface area contributed by atoms with E-state index in [-0.39, 0.29) is 5.78 Å². The quantitative estimate of drug-likeness (QED) is 0.453. The highest BCUT2D eigenvalue weighted by molar-refractivity contribution is 5.79. The van der Waals surface area contributed by atoms with Gasteiger partial charge in [0.15, 0.2) is 0 Å². The summed E-state index contributed by atoms with van der Waals surface area (Å²) in [5.74, 6) is 0.172. The first-order valence-electron chi connectivity index (χ1n) is 4.27. The van der Waals surface area contributed by atoms with Crippen LogP contribution in [0, 0.1) is 0 Å². The zero-order valence-electron chi connectivity index (χ0n) is 7.68. The summed E-state index contributed by atoms with van der Waals surface area (Å²) in [6.07, 6.45) is 0.775. The fourth-order valence-electron chi connectivity index (χ4n) is 0.756. The Morgan fingerprint density at radius 1 is 1.62 bits per heavy atom. The summed E-state index contributed by atoms with van der Waals surface area (Å²) in [4.78, 5) is 12.1. The zero-order valence-corrected chi connectivity index (χ0v) is 4.68. The first-order valence-corrected chi connectivity index (χ1v) is 2.77. The molecule has 0 aromatic rings. The summed E-state index contributed by atoms with van der Waals surface area (Å²) in [6, 6.07) is 0. The van der Waals surface area contributed by atoms with E-state index in [1.54, 1.807) is 0 Å². The van der Waals surface area contributed by atoms with Crippen LogP contribution in [0.5, 0.6) is 0 Å². The topological polar surface area (TPSA) is 20.3 Å². The van der Waals surface area contributed by atoms with Crippen molar-refractivity contribution >= 4 is 5.78 Å². The maximum Gasteiger partial charge on any atom is 0.135 e. The number of hydrogen-bond acceptors (Lipinski definition) is 2. The molecule has 1 aliphatic rings. The van der Waals surface area contributed by atoms with Gasteiger partial charge in [0.1, 0.15) is 5.78 Å². The summed E-state index contributed by atoms with van der Waals surface area (Å²) < 4.78 is 21.1. The maximum atomic E-state index is 10.7. The van der Waals surface area contributed by atoms with E-state index in [4.69, 9.17) is 4.11 Å². The third-order valence-corrected chi connectivity index (χ3v) is 1.32. The Hall–Kier alpha value is -0.370. The van der Waals surface area contributed by atoms with Crippen LogP contribution in [0.1, 0.15) is 17.0 Å². The molecule has 1 aliphatic heterocycles. The number of hydrogen-bond donors (Lipinski definition) is 0. The van der Waals surface area contributed by atoms with Gasteiger partial charge in [-0.05, 0) is 6.98 Å². The van der Waals surface area contributed by atoms with E-state index >= 15 is 0 Å². The minimum atomic E-state index is -2.01. The number of piperidine rings is 1. The third kappa shape index (κ3) is 1.30. The van der Waals surface area contributed by atoms with Crippen LogP contribution in [0.3, 0.4) is 0 Å². The van der Waals surface area contributed by atoms with Gasteiger partial charge in [-0.15, -0.1) is 0 Å². The number of Topliss-reactive ketones (excluding diaryl/α,β-unsaturated/α-hetero) is 1. The molecule has 2 heteroatoms. The van der Waals surface area contributed by atoms with Gasteiger partial charge in [0, 0.05) is 30.0 Å². The fourth-order valence-corrected chi connectivity index (χ4v) is 0.756. The Balaban J connectivity index is 2.45. The molecule has 1 rings (SSSR count). The van der Waals surface area contributed by atoms with Crippen LogP contribution in [0.2, 0.25) is 0 Å². The van der Waals surface area contributed by atoms with Gasteiger partial charge >= 0.3 is 0 Å². The van der Waals surface area contributed by atoms with Crippen molar-refractivity contribution in [1.82, 2.24) is 4.90 Å². The van der Waals surface area contributed by atoms with Crippen LogP contribution in [-0.2, 0) is 4.79 Å². The van der Waals surface area contributed by atoms with Gasteiger partial charge in [-0.25, -0.2) is 0 Å². The molecular weight excluding hydrogens is 102 g/mol. The first kappa shape index (κ1) is 2.97. The van der Waals surface area contributed by atoms with Crippen molar-refractivity contribution in [2.24, 2.45) is 0 Å². The van der Waals surface area contributed by atoms with Gasteiger partial charge in [0.05, 0.1) is 0 Å². The van der Waals surface area contributed by atoms with E-state index in [2.05, 4.69) is 0 Å². The number of likely N-dealkylation sites (tertiary alicyclic amines) is 1. The van der Waals surface area contributed by atoms with E-state index in [9.17, 15) is 4.79 Å². The summed E-state index contributed by atoms with van der Waals surface area (Å²) in [7, 11) is 0. The lowest BCUT2D eigenvalue weighted by Gasteiger charge is -2.19. The number of nitrogens with zero attached hydrogens (tertiary/aromatic N) is 1. The minimum Gasteiger partial charge on any atom is -0.305 e. The molecule has 0 radical (unpaired) electrons. The van der Waals surface area contributed by atoms with Crippen LogP contribution < -0.4 is 0 Å². The third-order valence-electron chi connectivity index (χ3n) is 1.32. The van der Waals surface area contributed by atoms with Crippen molar-refractivity contribution < 1.29 is 8.91 Å². The minimum absolute atomic E-state index is 0.172. The van der Waals surface area contributed by atoms with Crippen molar-refractivity contribution in [2.45, 2.75) is 12.8 Å². The number of carbonyl (C=O) groups excluding carboxylic acids is 1. The lowest BCUT2D eigenvalue weighted by molar-refractivity contribution is -0.121. The monoisotopic (exact) mass is 116 g/mol. The largest absolute Gasteiger partial charge is 0.305 e. The predicted molar refractivity (Wildman–Crippen MR) is 31.7 cm³/mol. The number of carbonyl (C=O) groups is 1. The number of rotatable bonds is 0. The molecule has 0 atom stereocenters. The molecule has 0 aromatic carbocycles. The Labute approximate surface area is 53.7 Å². The van der Waals surface area contributed by atoms with Crippen molar-refractivity contribution in [3.8, 4) is 0 Å². The Bertz CT molecular complexity index is 156. The Morgan fingerprint density at radius 3 is 2.75 bits per heavy atom. The van der Waals surface area contributed by atoms with Crippen molar-refractivity contribution in [3.63, 3.8) is 0 Å². The molecule has 0 amide bonds. The van der Waals surface area contributed by atoms with E-state index in [1.807, 2.05) is 0 Å². The van der Waals surface area contributed by atoms with Crippen molar-refractivity contribution in [3.05, 3.63) is 0 Å². The summed E-state index contributed by atoms with van der Waals surface area (Å²) >= 11 is 0. The predicted octanol–water partition coefficient (Wildman–Crippen LogP) is 0.281. The average molecular weight is 116 g/mol. The fraction of sp³-hybridized carbons (Fsp3) is 0.833. The van der Waals surface area contributed by atoms with E-state index < -0.39 is 6.98 Å². The van der Waals surface area contributed by atoms with E-state index in [0.29, 0.717) is 25.9 Å². The molecule has 1 fully saturated rings. The molecule has 0 saturated carbocycles. The molecule has 0 bridgehead atoms. The second kappa shape index (κ2) is 2.27. The smallest absolute Gasteiger partial charge is 0.135 e. The normalized spacial score (nSPS) is 31.0. The van der Waals surface area contributed by atoms with Gasteiger partial charge in [0.25, 0.3) is 0 Å². The summed E-state index contributed by atoms with van der Waals surface area (Å²) in [6.45, 7) is -1.24. The van der Waals surface area contributed by atoms with Crippen LogP contribution in [0.15, 0.2) is 0 Å². The van der Waals surface area contributed by atoms with Gasteiger partial charge in [0.2, 0.25) is 0 Å². The standard InChI is InChI=1S/C6H11NO/c1-7-4-2-6(8)3-5-7/h2-5H2,1H3/i1D3.